The molecule has 5 heteroatoms. The highest BCUT2D eigenvalue weighted by molar-refractivity contribution is 5.67. The zero-order valence-electron chi connectivity index (χ0n) is 10.3. The van der Waals surface area contributed by atoms with Crippen molar-refractivity contribution in [2.45, 2.75) is 25.4 Å². The fourth-order valence-electron chi connectivity index (χ4n) is 1.85. The Morgan fingerprint density at radius 2 is 2.22 bits per heavy atom. The van der Waals surface area contributed by atoms with E-state index < -0.39 is 6.09 Å². The van der Waals surface area contributed by atoms with E-state index in [1.54, 1.807) is 7.11 Å². The second kappa shape index (κ2) is 6.37. The largest absolute Gasteiger partial charge is 0.445 e. The Hall–Kier alpha value is -1.59. The van der Waals surface area contributed by atoms with Crippen molar-refractivity contribution in [3.8, 4) is 0 Å². The molecule has 0 bridgehead atoms. The van der Waals surface area contributed by atoms with Gasteiger partial charge in [-0.15, -0.1) is 0 Å². The molecule has 1 fully saturated rings. The van der Waals surface area contributed by atoms with Gasteiger partial charge in [0.25, 0.3) is 0 Å². The first kappa shape index (κ1) is 12.9. The molecule has 0 radical (unpaired) electrons. The van der Waals surface area contributed by atoms with Gasteiger partial charge in [0.1, 0.15) is 6.61 Å². The third kappa shape index (κ3) is 3.45. The van der Waals surface area contributed by atoms with Crippen molar-refractivity contribution < 1.29 is 19.0 Å². The van der Waals surface area contributed by atoms with Crippen LogP contribution in [0.25, 0.3) is 0 Å². The van der Waals surface area contributed by atoms with Crippen LogP contribution in [0.15, 0.2) is 30.3 Å². The topological polar surface area (TPSA) is 56.8 Å². The molecule has 1 aliphatic heterocycles. The van der Waals surface area contributed by atoms with Gasteiger partial charge in [0.2, 0.25) is 0 Å². The molecular formula is C13H17NO4. The number of rotatable bonds is 4. The number of methoxy groups -OCH3 is 1. The van der Waals surface area contributed by atoms with Crippen LogP contribution in [0, 0.1) is 0 Å². The first-order valence-electron chi connectivity index (χ1n) is 5.91. The number of ether oxygens (including phenoxy) is 3. The van der Waals surface area contributed by atoms with E-state index in [1.807, 2.05) is 30.3 Å². The first-order chi connectivity index (χ1) is 8.79. The van der Waals surface area contributed by atoms with Crippen LogP contribution >= 0.6 is 0 Å². The Labute approximate surface area is 106 Å². The van der Waals surface area contributed by atoms with E-state index in [0.717, 1.165) is 12.0 Å². The quantitative estimate of drug-likeness (QED) is 0.884. The lowest BCUT2D eigenvalue weighted by Gasteiger charge is -2.17. The fourth-order valence-corrected chi connectivity index (χ4v) is 1.85. The van der Waals surface area contributed by atoms with Gasteiger partial charge in [-0.1, -0.05) is 30.3 Å². The Morgan fingerprint density at radius 3 is 2.94 bits per heavy atom. The average Bonchev–Trinajstić information content (AvgIpc) is 2.85. The van der Waals surface area contributed by atoms with Gasteiger partial charge in [0.15, 0.2) is 6.29 Å². The maximum absolute atomic E-state index is 11.6. The molecule has 98 valence electrons. The van der Waals surface area contributed by atoms with Crippen LogP contribution in [-0.2, 0) is 20.8 Å². The molecule has 1 heterocycles. The molecule has 5 nitrogen and oxygen atoms in total. The summed E-state index contributed by atoms with van der Waals surface area (Å²) in [6.45, 7) is 0.847. The molecule has 0 aliphatic carbocycles. The predicted molar refractivity (Wildman–Crippen MR) is 64.9 cm³/mol. The van der Waals surface area contributed by atoms with Gasteiger partial charge < -0.3 is 19.5 Å². The van der Waals surface area contributed by atoms with Crippen LogP contribution in [0.5, 0.6) is 0 Å². The van der Waals surface area contributed by atoms with Crippen molar-refractivity contribution in [2.24, 2.45) is 0 Å². The summed E-state index contributed by atoms with van der Waals surface area (Å²) in [4.78, 5) is 11.6. The summed E-state index contributed by atoms with van der Waals surface area (Å²) in [5, 5.41) is 2.74. The van der Waals surface area contributed by atoms with Gasteiger partial charge in [-0.25, -0.2) is 4.79 Å². The molecule has 2 rings (SSSR count). The number of benzene rings is 1. The summed E-state index contributed by atoms with van der Waals surface area (Å²) >= 11 is 0. The van der Waals surface area contributed by atoms with E-state index >= 15 is 0 Å². The highest BCUT2D eigenvalue weighted by Gasteiger charge is 2.29. The third-order valence-electron chi connectivity index (χ3n) is 2.79. The zero-order chi connectivity index (χ0) is 12.8. The fraction of sp³-hybridized carbons (Fsp3) is 0.462. The normalized spacial score (nSPS) is 22.7. The number of hydrogen-bond acceptors (Lipinski definition) is 4. The lowest BCUT2D eigenvalue weighted by molar-refractivity contribution is -0.0990. The van der Waals surface area contributed by atoms with Gasteiger partial charge in [0, 0.05) is 7.11 Å². The van der Waals surface area contributed by atoms with E-state index in [9.17, 15) is 4.79 Å². The predicted octanol–water partition coefficient (Wildman–Crippen LogP) is 1.67. The molecule has 1 aromatic carbocycles. The van der Waals surface area contributed by atoms with Crippen molar-refractivity contribution >= 4 is 6.09 Å². The SMILES string of the molecule is COC1OCC[C@@H]1NC(=O)OCc1ccccc1. The van der Waals surface area contributed by atoms with Crippen LogP contribution in [-0.4, -0.2) is 32.1 Å². The molecule has 1 N–H and O–H groups in total. The lowest BCUT2D eigenvalue weighted by Crippen LogP contribution is -2.41. The number of hydrogen-bond donors (Lipinski definition) is 1. The first-order valence-corrected chi connectivity index (χ1v) is 5.91. The minimum absolute atomic E-state index is 0.140. The van der Waals surface area contributed by atoms with E-state index in [0.29, 0.717) is 6.61 Å². The van der Waals surface area contributed by atoms with E-state index in [2.05, 4.69) is 5.32 Å². The lowest BCUT2D eigenvalue weighted by atomic mass is 10.2. The Kier molecular flexibility index (Phi) is 4.55. The minimum Gasteiger partial charge on any atom is -0.445 e. The van der Waals surface area contributed by atoms with Gasteiger partial charge in [-0.05, 0) is 12.0 Å². The molecule has 1 saturated heterocycles. The molecule has 1 amide bonds. The number of carbonyl (C=O) groups is 1. The molecule has 0 aromatic heterocycles. The molecule has 2 atom stereocenters. The van der Waals surface area contributed by atoms with E-state index in [4.69, 9.17) is 14.2 Å². The zero-order valence-corrected chi connectivity index (χ0v) is 10.3. The van der Waals surface area contributed by atoms with E-state index in [1.165, 1.54) is 0 Å². The van der Waals surface area contributed by atoms with E-state index in [-0.39, 0.29) is 18.9 Å². The molecule has 18 heavy (non-hydrogen) atoms. The van der Waals surface area contributed by atoms with Crippen molar-refractivity contribution in [3.63, 3.8) is 0 Å². The number of amides is 1. The summed E-state index contributed by atoms with van der Waals surface area (Å²) in [5.74, 6) is 0. The molecule has 0 saturated carbocycles. The van der Waals surface area contributed by atoms with Gasteiger partial charge in [-0.3, -0.25) is 0 Å². The minimum atomic E-state index is -0.448. The molecular weight excluding hydrogens is 234 g/mol. The summed E-state index contributed by atoms with van der Waals surface area (Å²) in [5.41, 5.74) is 0.957. The third-order valence-corrected chi connectivity index (χ3v) is 2.79. The molecule has 1 unspecified atom stereocenters. The van der Waals surface area contributed by atoms with Gasteiger partial charge in [0.05, 0.1) is 12.6 Å². The molecule has 0 spiro atoms. The summed E-state index contributed by atoms with van der Waals surface area (Å²) in [6.07, 6.45) is -0.0930. The van der Waals surface area contributed by atoms with Crippen molar-refractivity contribution in [1.82, 2.24) is 5.32 Å². The van der Waals surface area contributed by atoms with Crippen LogP contribution in [0.1, 0.15) is 12.0 Å². The number of nitrogens with one attached hydrogen (secondary N) is 1. The highest BCUT2D eigenvalue weighted by atomic mass is 16.7. The van der Waals surface area contributed by atoms with Gasteiger partial charge in [-0.2, -0.15) is 0 Å². The summed E-state index contributed by atoms with van der Waals surface area (Å²) in [7, 11) is 1.56. The van der Waals surface area contributed by atoms with Crippen LogP contribution in [0.4, 0.5) is 4.79 Å². The smallest absolute Gasteiger partial charge is 0.407 e. The number of alkyl carbamates (subject to hydrolysis) is 1. The monoisotopic (exact) mass is 251 g/mol. The van der Waals surface area contributed by atoms with Crippen molar-refractivity contribution in [1.29, 1.82) is 0 Å². The second-order valence-electron chi connectivity index (χ2n) is 4.08. The van der Waals surface area contributed by atoms with Crippen LogP contribution < -0.4 is 5.32 Å². The standard InChI is InChI=1S/C13H17NO4/c1-16-12-11(7-8-17-12)14-13(15)18-9-10-5-3-2-4-6-10/h2-6,11-12H,7-9H2,1H3,(H,14,15)/t11-,12?/m0/s1. The van der Waals surface area contributed by atoms with Crippen molar-refractivity contribution in [3.05, 3.63) is 35.9 Å². The summed E-state index contributed by atoms with van der Waals surface area (Å²) in [6, 6.07) is 9.40. The van der Waals surface area contributed by atoms with Gasteiger partial charge >= 0.3 is 6.09 Å². The van der Waals surface area contributed by atoms with Crippen LogP contribution in [0.2, 0.25) is 0 Å². The molecule has 1 aliphatic rings. The Balaban J connectivity index is 1.75. The maximum atomic E-state index is 11.6. The Morgan fingerprint density at radius 1 is 1.44 bits per heavy atom. The Bertz CT molecular complexity index is 382. The average molecular weight is 251 g/mol. The molecule has 1 aromatic rings. The maximum Gasteiger partial charge on any atom is 0.407 e. The van der Waals surface area contributed by atoms with Crippen LogP contribution in [0.3, 0.4) is 0 Å². The second-order valence-corrected chi connectivity index (χ2v) is 4.08. The van der Waals surface area contributed by atoms with Crippen molar-refractivity contribution in [2.75, 3.05) is 13.7 Å². The highest BCUT2D eigenvalue weighted by Crippen LogP contribution is 2.14. The number of carbonyl (C=O) groups excluding carboxylic acids is 1. The summed E-state index contributed by atoms with van der Waals surface area (Å²) < 4.78 is 15.5.